The zero-order valence-electron chi connectivity index (χ0n) is 13.5. The van der Waals surface area contributed by atoms with Crippen molar-refractivity contribution in [3.05, 3.63) is 57.8 Å². The lowest BCUT2D eigenvalue weighted by Gasteiger charge is -2.10. The molecule has 1 N–H and O–H groups in total. The van der Waals surface area contributed by atoms with Crippen LogP contribution in [0, 0.1) is 10.1 Å². The Balaban J connectivity index is 2.04. The SMILES string of the molecule is CC(=O)c1ccc(NCc2ccc(OCC(F)(F)F)nc2)c([N+](=O)[O-])c1. The van der Waals surface area contributed by atoms with Crippen LogP contribution in [0.1, 0.15) is 22.8 Å². The van der Waals surface area contributed by atoms with Crippen LogP contribution in [0.2, 0.25) is 0 Å². The van der Waals surface area contributed by atoms with E-state index in [0.717, 1.165) is 0 Å². The highest BCUT2D eigenvalue weighted by atomic mass is 19.4. The molecular formula is C16H14F3N3O4. The number of nitro groups is 1. The number of alkyl halides is 3. The number of pyridine rings is 1. The molecule has 0 aliphatic heterocycles. The number of nitrogens with zero attached hydrogens (tertiary/aromatic N) is 2. The first-order valence-corrected chi connectivity index (χ1v) is 7.33. The number of benzene rings is 1. The second-order valence-corrected chi connectivity index (χ2v) is 5.31. The van der Waals surface area contributed by atoms with E-state index in [0.29, 0.717) is 5.56 Å². The summed E-state index contributed by atoms with van der Waals surface area (Å²) in [6, 6.07) is 6.82. The van der Waals surface area contributed by atoms with Crippen molar-refractivity contribution < 1.29 is 27.6 Å². The van der Waals surface area contributed by atoms with Gasteiger partial charge in [-0.05, 0) is 24.6 Å². The Labute approximate surface area is 146 Å². The Bertz CT molecular complexity index is 807. The van der Waals surface area contributed by atoms with Crippen molar-refractivity contribution in [1.82, 2.24) is 4.98 Å². The summed E-state index contributed by atoms with van der Waals surface area (Å²) < 4.78 is 40.7. The first-order valence-electron chi connectivity index (χ1n) is 7.33. The minimum Gasteiger partial charge on any atom is -0.468 e. The van der Waals surface area contributed by atoms with Crippen molar-refractivity contribution in [3.63, 3.8) is 0 Å². The fourth-order valence-electron chi connectivity index (χ4n) is 2.01. The summed E-state index contributed by atoms with van der Waals surface area (Å²) in [5.41, 5.74) is 0.748. The summed E-state index contributed by atoms with van der Waals surface area (Å²) in [5, 5.41) is 14.0. The summed E-state index contributed by atoms with van der Waals surface area (Å²) in [7, 11) is 0. The average molecular weight is 369 g/mol. The molecule has 0 atom stereocenters. The summed E-state index contributed by atoms with van der Waals surface area (Å²) in [6.07, 6.45) is -3.15. The van der Waals surface area contributed by atoms with Gasteiger partial charge < -0.3 is 10.1 Å². The lowest BCUT2D eigenvalue weighted by Crippen LogP contribution is -2.19. The molecule has 2 rings (SSSR count). The average Bonchev–Trinajstić information content (AvgIpc) is 2.58. The van der Waals surface area contributed by atoms with Crippen LogP contribution in [-0.2, 0) is 6.54 Å². The molecule has 0 spiro atoms. The van der Waals surface area contributed by atoms with E-state index in [1.807, 2.05) is 0 Å². The molecule has 0 saturated heterocycles. The molecule has 1 aromatic heterocycles. The molecule has 0 bridgehead atoms. The van der Waals surface area contributed by atoms with Crippen LogP contribution < -0.4 is 10.1 Å². The van der Waals surface area contributed by atoms with Gasteiger partial charge in [0.1, 0.15) is 5.69 Å². The third-order valence-corrected chi connectivity index (χ3v) is 3.27. The van der Waals surface area contributed by atoms with Gasteiger partial charge in [0.05, 0.1) is 4.92 Å². The number of hydrogen-bond donors (Lipinski definition) is 1. The topological polar surface area (TPSA) is 94.4 Å². The molecule has 0 saturated carbocycles. The molecule has 0 aliphatic rings. The number of anilines is 1. The van der Waals surface area contributed by atoms with E-state index in [1.165, 1.54) is 43.5 Å². The van der Waals surface area contributed by atoms with E-state index < -0.39 is 17.7 Å². The number of halogens is 3. The quantitative estimate of drug-likeness (QED) is 0.454. The number of ether oxygens (including phenoxy) is 1. The number of ketones is 1. The lowest BCUT2D eigenvalue weighted by atomic mass is 10.1. The number of carbonyl (C=O) groups excluding carboxylic acids is 1. The highest BCUT2D eigenvalue weighted by Crippen LogP contribution is 2.26. The highest BCUT2D eigenvalue weighted by Gasteiger charge is 2.28. The number of nitro benzene ring substituents is 1. The Morgan fingerprint density at radius 3 is 2.58 bits per heavy atom. The molecule has 0 amide bonds. The molecule has 0 fully saturated rings. The largest absolute Gasteiger partial charge is 0.468 e. The molecule has 138 valence electrons. The van der Waals surface area contributed by atoms with Gasteiger partial charge in [0, 0.05) is 30.4 Å². The van der Waals surface area contributed by atoms with Crippen LogP contribution in [-0.4, -0.2) is 28.5 Å². The van der Waals surface area contributed by atoms with Crippen LogP contribution in [0.25, 0.3) is 0 Å². The van der Waals surface area contributed by atoms with Crippen LogP contribution in [0.3, 0.4) is 0 Å². The van der Waals surface area contributed by atoms with Gasteiger partial charge in [0.15, 0.2) is 12.4 Å². The maximum absolute atomic E-state index is 12.1. The van der Waals surface area contributed by atoms with Gasteiger partial charge in [-0.3, -0.25) is 14.9 Å². The lowest BCUT2D eigenvalue weighted by molar-refractivity contribution is -0.384. The Hall–Kier alpha value is -3.17. The zero-order valence-corrected chi connectivity index (χ0v) is 13.5. The van der Waals surface area contributed by atoms with Crippen molar-refractivity contribution in [2.45, 2.75) is 19.6 Å². The van der Waals surface area contributed by atoms with E-state index in [2.05, 4.69) is 15.0 Å². The van der Waals surface area contributed by atoms with Gasteiger partial charge in [-0.15, -0.1) is 0 Å². The molecule has 7 nitrogen and oxygen atoms in total. The molecule has 26 heavy (non-hydrogen) atoms. The molecule has 2 aromatic rings. The summed E-state index contributed by atoms with van der Waals surface area (Å²) in [5.74, 6) is -0.471. The van der Waals surface area contributed by atoms with Gasteiger partial charge in [-0.2, -0.15) is 13.2 Å². The molecule has 1 heterocycles. The van der Waals surface area contributed by atoms with Crippen LogP contribution >= 0.6 is 0 Å². The van der Waals surface area contributed by atoms with Gasteiger partial charge in [0.2, 0.25) is 5.88 Å². The smallest absolute Gasteiger partial charge is 0.422 e. The van der Waals surface area contributed by atoms with E-state index >= 15 is 0 Å². The third-order valence-electron chi connectivity index (χ3n) is 3.27. The fourth-order valence-corrected chi connectivity index (χ4v) is 2.01. The molecular weight excluding hydrogens is 355 g/mol. The normalized spacial score (nSPS) is 11.1. The standard InChI is InChI=1S/C16H14F3N3O4/c1-10(23)12-3-4-13(14(6-12)22(24)25)20-7-11-2-5-15(21-8-11)26-9-16(17,18)19/h2-6,8,20H,7,9H2,1H3. The first-order chi connectivity index (χ1) is 12.2. The van der Waals surface area contributed by atoms with Crippen molar-refractivity contribution >= 4 is 17.2 Å². The van der Waals surface area contributed by atoms with E-state index in [4.69, 9.17) is 0 Å². The molecule has 1 aromatic carbocycles. The Morgan fingerprint density at radius 2 is 2.04 bits per heavy atom. The highest BCUT2D eigenvalue weighted by molar-refractivity contribution is 5.95. The number of rotatable bonds is 7. The Kier molecular flexibility index (Phi) is 5.75. The van der Waals surface area contributed by atoms with E-state index in [-0.39, 0.29) is 35.1 Å². The second-order valence-electron chi connectivity index (χ2n) is 5.31. The van der Waals surface area contributed by atoms with Crippen LogP contribution in [0.15, 0.2) is 36.5 Å². The zero-order chi connectivity index (χ0) is 19.3. The fraction of sp³-hybridized carbons (Fsp3) is 0.250. The van der Waals surface area contributed by atoms with Gasteiger partial charge in [0.25, 0.3) is 5.69 Å². The minimum atomic E-state index is -4.45. The van der Waals surface area contributed by atoms with Gasteiger partial charge in [-0.25, -0.2) is 4.98 Å². The maximum atomic E-state index is 12.1. The van der Waals surface area contributed by atoms with Gasteiger partial charge >= 0.3 is 6.18 Å². The number of hydrogen-bond acceptors (Lipinski definition) is 6. The van der Waals surface area contributed by atoms with Crippen LogP contribution in [0.5, 0.6) is 5.88 Å². The van der Waals surface area contributed by atoms with Crippen molar-refractivity contribution in [2.75, 3.05) is 11.9 Å². The molecule has 0 aliphatic carbocycles. The molecule has 0 unspecified atom stereocenters. The Morgan fingerprint density at radius 1 is 1.31 bits per heavy atom. The maximum Gasteiger partial charge on any atom is 0.422 e. The second kappa shape index (κ2) is 7.81. The van der Waals surface area contributed by atoms with E-state index in [9.17, 15) is 28.1 Å². The van der Waals surface area contributed by atoms with E-state index in [1.54, 1.807) is 0 Å². The third kappa shape index (κ3) is 5.43. The predicted molar refractivity (Wildman–Crippen MR) is 86.2 cm³/mol. The number of nitrogens with one attached hydrogen (secondary N) is 1. The monoisotopic (exact) mass is 369 g/mol. The predicted octanol–water partition coefficient (Wildman–Crippen LogP) is 3.75. The first kappa shape index (κ1) is 19.2. The molecule has 10 heteroatoms. The number of Topliss-reactive ketones (excluding diaryl/α,β-unsaturated/α-hetero) is 1. The number of aromatic nitrogens is 1. The summed E-state index contributed by atoms with van der Waals surface area (Å²) >= 11 is 0. The van der Waals surface area contributed by atoms with Crippen molar-refractivity contribution in [3.8, 4) is 5.88 Å². The molecule has 0 radical (unpaired) electrons. The van der Waals surface area contributed by atoms with Crippen molar-refractivity contribution in [2.24, 2.45) is 0 Å². The summed E-state index contributed by atoms with van der Waals surface area (Å²) in [4.78, 5) is 25.6. The van der Waals surface area contributed by atoms with Gasteiger partial charge in [-0.1, -0.05) is 6.07 Å². The van der Waals surface area contributed by atoms with Crippen molar-refractivity contribution in [1.29, 1.82) is 0 Å². The minimum absolute atomic E-state index is 0.146. The number of carbonyl (C=O) groups is 1. The summed E-state index contributed by atoms with van der Waals surface area (Å²) in [6.45, 7) is 0.0132. The van der Waals surface area contributed by atoms with Crippen LogP contribution in [0.4, 0.5) is 24.5 Å².